The molecule has 0 fully saturated rings. The van der Waals surface area contributed by atoms with Crippen molar-refractivity contribution in [1.29, 1.82) is 0 Å². The highest BCUT2D eigenvalue weighted by Crippen LogP contribution is 2.07. The van der Waals surface area contributed by atoms with Gasteiger partial charge in [0.2, 0.25) is 5.91 Å². The van der Waals surface area contributed by atoms with E-state index in [1.54, 1.807) is 13.0 Å². The normalized spacial score (nSPS) is 9.81. The average molecular weight is 214 g/mol. The van der Waals surface area contributed by atoms with Crippen LogP contribution in [0.25, 0.3) is 10.9 Å². The fraction of sp³-hybridized carbons (Fsp3) is 0.0769. The summed E-state index contributed by atoms with van der Waals surface area (Å²) in [6, 6.07) is 12.1. The average Bonchev–Trinajstić information content (AvgIpc) is 2.30. The second kappa shape index (κ2) is 6.35. The van der Waals surface area contributed by atoms with Gasteiger partial charge in [0.05, 0.1) is 5.52 Å². The third-order valence-corrected chi connectivity index (χ3v) is 1.84. The van der Waals surface area contributed by atoms with Crippen LogP contribution in [0.4, 0.5) is 0 Å². The minimum atomic E-state index is -0.391. The Balaban J connectivity index is 0.000000187. The summed E-state index contributed by atoms with van der Waals surface area (Å²) in [5, 5.41) is 1.20. The van der Waals surface area contributed by atoms with E-state index in [4.69, 9.17) is 0 Å². The fourth-order valence-electron chi connectivity index (χ4n) is 1.18. The third-order valence-electron chi connectivity index (χ3n) is 1.84. The number of carbonyl (C=O) groups excluding carboxylic acids is 1. The highest BCUT2D eigenvalue weighted by molar-refractivity contribution is 5.85. The van der Waals surface area contributed by atoms with Crippen LogP contribution in [-0.2, 0) is 4.79 Å². The molecule has 2 aromatic rings. The van der Waals surface area contributed by atoms with E-state index in [2.05, 4.69) is 22.9 Å². The van der Waals surface area contributed by atoms with Crippen LogP contribution in [0, 0.1) is 0 Å². The van der Waals surface area contributed by atoms with Crippen molar-refractivity contribution in [2.24, 2.45) is 5.73 Å². The van der Waals surface area contributed by atoms with Crippen LogP contribution in [-0.4, -0.2) is 10.9 Å². The third kappa shape index (κ3) is 3.92. The van der Waals surface area contributed by atoms with Gasteiger partial charge >= 0.3 is 0 Å². The Morgan fingerprint density at radius 1 is 1.25 bits per heavy atom. The largest absolute Gasteiger partial charge is 0.366 e. The van der Waals surface area contributed by atoms with Crippen molar-refractivity contribution >= 4 is 16.8 Å². The standard InChI is InChI=1S/C9H7N.C4H7NO/c1-2-6-9-8(4-1)5-3-7-10-9;1-2-3-4(5)6/h1-7H;2-3H,1H3,(H2,5,6). The number of amides is 1. The Labute approximate surface area is 94.6 Å². The molecule has 2 N–H and O–H groups in total. The zero-order valence-corrected chi connectivity index (χ0v) is 9.13. The number of pyridine rings is 1. The maximum Gasteiger partial charge on any atom is 0.241 e. The Kier molecular flexibility index (Phi) is 4.73. The van der Waals surface area contributed by atoms with Crippen molar-refractivity contribution < 1.29 is 4.79 Å². The Hall–Kier alpha value is -2.16. The molecule has 0 aliphatic rings. The number of carbonyl (C=O) groups is 1. The molecule has 1 heterocycles. The van der Waals surface area contributed by atoms with Gasteiger partial charge in [-0.15, -0.1) is 0 Å². The van der Waals surface area contributed by atoms with E-state index in [9.17, 15) is 4.79 Å². The first-order chi connectivity index (χ1) is 7.74. The van der Waals surface area contributed by atoms with E-state index in [1.807, 2.05) is 30.5 Å². The predicted molar refractivity (Wildman–Crippen MR) is 65.8 cm³/mol. The first-order valence-corrected chi connectivity index (χ1v) is 4.96. The second-order valence-corrected chi connectivity index (χ2v) is 3.10. The maximum absolute atomic E-state index is 9.73. The molecule has 0 saturated heterocycles. The van der Waals surface area contributed by atoms with Crippen LogP contribution in [0.15, 0.2) is 54.7 Å². The number of allylic oxidation sites excluding steroid dienone is 1. The Morgan fingerprint density at radius 3 is 2.50 bits per heavy atom. The van der Waals surface area contributed by atoms with Crippen LogP contribution < -0.4 is 5.73 Å². The van der Waals surface area contributed by atoms with Crippen molar-refractivity contribution in [3.05, 3.63) is 54.7 Å². The number of hydrogen-bond donors (Lipinski definition) is 1. The number of primary amides is 1. The Morgan fingerprint density at radius 2 is 1.94 bits per heavy atom. The van der Waals surface area contributed by atoms with E-state index >= 15 is 0 Å². The number of rotatable bonds is 1. The quantitative estimate of drug-likeness (QED) is 0.740. The lowest BCUT2D eigenvalue weighted by atomic mass is 10.2. The van der Waals surface area contributed by atoms with Gasteiger partial charge in [-0.25, -0.2) is 0 Å². The van der Waals surface area contributed by atoms with Crippen LogP contribution in [0.5, 0.6) is 0 Å². The molecule has 0 atom stereocenters. The van der Waals surface area contributed by atoms with Crippen molar-refractivity contribution in [1.82, 2.24) is 4.98 Å². The lowest BCUT2D eigenvalue weighted by Crippen LogP contribution is -2.04. The maximum atomic E-state index is 9.73. The summed E-state index contributed by atoms with van der Waals surface area (Å²) in [7, 11) is 0. The molecule has 1 aromatic heterocycles. The summed E-state index contributed by atoms with van der Waals surface area (Å²) in [4.78, 5) is 13.9. The molecule has 0 bridgehead atoms. The van der Waals surface area contributed by atoms with Gasteiger partial charge in [-0.2, -0.15) is 0 Å². The summed E-state index contributed by atoms with van der Waals surface area (Å²) in [5.74, 6) is -0.391. The van der Waals surface area contributed by atoms with E-state index in [0.717, 1.165) is 5.52 Å². The lowest BCUT2D eigenvalue weighted by Gasteiger charge is -1.91. The molecule has 1 aromatic carbocycles. The van der Waals surface area contributed by atoms with Crippen molar-refractivity contribution in [2.75, 3.05) is 0 Å². The van der Waals surface area contributed by atoms with Crippen molar-refractivity contribution in [3.63, 3.8) is 0 Å². The highest BCUT2D eigenvalue weighted by Gasteiger charge is 1.86. The zero-order chi connectivity index (χ0) is 11.8. The van der Waals surface area contributed by atoms with Crippen LogP contribution >= 0.6 is 0 Å². The van der Waals surface area contributed by atoms with E-state index in [0.29, 0.717) is 0 Å². The van der Waals surface area contributed by atoms with Crippen molar-refractivity contribution in [2.45, 2.75) is 6.92 Å². The molecule has 0 spiro atoms. The molecule has 3 heteroatoms. The number of fused-ring (bicyclic) bond motifs is 1. The second-order valence-electron chi connectivity index (χ2n) is 3.10. The molecule has 0 aliphatic heterocycles. The van der Waals surface area contributed by atoms with Crippen LogP contribution in [0.3, 0.4) is 0 Å². The molecule has 82 valence electrons. The van der Waals surface area contributed by atoms with Crippen LogP contribution in [0.2, 0.25) is 0 Å². The van der Waals surface area contributed by atoms with Crippen molar-refractivity contribution in [3.8, 4) is 0 Å². The predicted octanol–water partition coefficient (Wildman–Crippen LogP) is 2.28. The molecule has 0 radical (unpaired) electrons. The molecule has 0 unspecified atom stereocenters. The first kappa shape index (κ1) is 11.9. The number of para-hydroxylation sites is 1. The highest BCUT2D eigenvalue weighted by atomic mass is 16.1. The van der Waals surface area contributed by atoms with Gasteiger partial charge in [-0.3, -0.25) is 9.78 Å². The minimum Gasteiger partial charge on any atom is -0.366 e. The van der Waals surface area contributed by atoms with E-state index < -0.39 is 5.91 Å². The summed E-state index contributed by atoms with van der Waals surface area (Å²) in [6.45, 7) is 1.74. The fourth-order valence-corrected chi connectivity index (χ4v) is 1.18. The van der Waals surface area contributed by atoms with Crippen LogP contribution in [0.1, 0.15) is 6.92 Å². The molecular formula is C13H14N2O. The smallest absolute Gasteiger partial charge is 0.241 e. The van der Waals surface area contributed by atoms with Gasteiger partial charge in [0, 0.05) is 11.6 Å². The first-order valence-electron chi connectivity index (χ1n) is 4.96. The van der Waals surface area contributed by atoms with Gasteiger partial charge in [0.15, 0.2) is 0 Å². The van der Waals surface area contributed by atoms with Gasteiger partial charge in [-0.05, 0) is 25.1 Å². The number of aromatic nitrogens is 1. The van der Waals surface area contributed by atoms with E-state index in [1.165, 1.54) is 11.5 Å². The summed E-state index contributed by atoms with van der Waals surface area (Å²) < 4.78 is 0. The summed E-state index contributed by atoms with van der Waals surface area (Å²) in [6.07, 6.45) is 4.71. The molecule has 2 rings (SSSR count). The van der Waals surface area contributed by atoms with Gasteiger partial charge in [0.1, 0.15) is 0 Å². The summed E-state index contributed by atoms with van der Waals surface area (Å²) in [5.41, 5.74) is 5.74. The molecule has 16 heavy (non-hydrogen) atoms. The topological polar surface area (TPSA) is 56.0 Å². The lowest BCUT2D eigenvalue weighted by molar-refractivity contribution is -0.113. The minimum absolute atomic E-state index is 0.391. The van der Waals surface area contributed by atoms with Gasteiger partial charge < -0.3 is 5.73 Å². The molecule has 1 amide bonds. The van der Waals surface area contributed by atoms with Gasteiger partial charge in [-0.1, -0.05) is 30.3 Å². The molecular weight excluding hydrogens is 200 g/mol. The molecule has 3 nitrogen and oxygen atoms in total. The van der Waals surface area contributed by atoms with E-state index in [-0.39, 0.29) is 0 Å². The van der Waals surface area contributed by atoms with Gasteiger partial charge in [0.25, 0.3) is 0 Å². The number of hydrogen-bond acceptors (Lipinski definition) is 2. The zero-order valence-electron chi connectivity index (χ0n) is 9.13. The SMILES string of the molecule is CC=CC(N)=O.c1ccc2ncccc2c1. The summed E-state index contributed by atoms with van der Waals surface area (Å²) >= 11 is 0. The number of nitrogens with two attached hydrogens (primary N) is 1. The molecule has 0 saturated carbocycles. The molecule has 0 aliphatic carbocycles. The number of nitrogens with zero attached hydrogens (tertiary/aromatic N) is 1. The number of benzene rings is 1. The Bertz CT molecular complexity index is 427. The monoisotopic (exact) mass is 214 g/mol.